The van der Waals surface area contributed by atoms with Crippen LogP contribution in [0.3, 0.4) is 0 Å². The van der Waals surface area contributed by atoms with E-state index in [1.807, 2.05) is 92.7 Å². The van der Waals surface area contributed by atoms with Gasteiger partial charge >= 0.3 is 23.9 Å². The number of ketones is 1. The molecular formula is C86H115BrF3N5O22S. The normalized spacial score (nSPS) is 25.1. The number of methoxy groups -OCH3 is 2. The van der Waals surface area contributed by atoms with Crippen molar-refractivity contribution < 1.29 is 144 Å². The fourth-order valence-electron chi connectivity index (χ4n) is 17.0. The molecule has 0 spiro atoms. The van der Waals surface area contributed by atoms with Crippen LogP contribution in [0.15, 0.2) is 151 Å². The Bertz CT molecular complexity index is 4110. The minimum absolute atomic E-state index is 0. The van der Waals surface area contributed by atoms with Crippen molar-refractivity contribution in [2.45, 2.75) is 172 Å². The number of rotatable bonds is 28. The standard InChI is InChI=1S/C25H31F3O5S.2C19H24N2O4.C19H28NO3.C4H4O4.BrH.2H2O/c1-5-20(31)33-25(21(32)34-12-26)13(2)8-15-16-10-18(27)17-9-14(29)6-7-22(17,3)24(16,28)19(30)11-23(15,25)4;2*1-13(9-14-3-6-16(25-2)7-4-14)20-11-19(24)15-5-8-18(23)17(10-15)21-12-22;1-20(2)13-12-17(14-20)23-18(21)19(22,16-10-6-7-11-16)15-8-4-3-5-9-15;5-3(6)1-2-4(7)8;;;/h6-7,9,13,15-16,18-19,30H,5,8,10-12H2,1-4H3;2*3-8,10,12-13,19-20,23-24H,9,11H2,1-2H3,(H,21,22);3-5,8-9,16-17,22H,6-7,10-14H2,1-2H3;1-2H,(H,5,6)(H,7,8);1H;2*1H2/q;;;+1;;;;/p-1/b;;;;2-1+;;;/t13-,15+,16+,18+,19+,22+,23+,24+,25+;2*13-,19+;;;;;/m111...../s1. The molecule has 32 heteroatoms. The third kappa shape index (κ3) is 24.6. The molecule has 5 aliphatic carbocycles. The Kier molecular flexibility index (Phi) is 39.0. The van der Waals surface area contributed by atoms with Gasteiger partial charge in [-0.25, -0.2) is 27.6 Å². The number of carbonyl (C=O) groups is 8. The highest BCUT2D eigenvalue weighted by molar-refractivity contribution is 8.13. The molecule has 5 aromatic rings. The monoisotopic (exact) mass is 1740 g/mol. The fourth-order valence-corrected chi connectivity index (χ4v) is 17.8. The molecule has 2 unspecified atom stereocenters. The van der Waals surface area contributed by atoms with Crippen LogP contribution in [0.1, 0.15) is 139 Å². The predicted molar refractivity (Wildman–Crippen MR) is 435 cm³/mol. The number of carboxylic acid groups (broad SMARTS) is 2. The molecule has 1 heterocycles. The number of alkyl halides is 3. The van der Waals surface area contributed by atoms with Gasteiger partial charge in [-0.15, -0.1) is 0 Å². The van der Waals surface area contributed by atoms with Crippen molar-refractivity contribution in [3.8, 4) is 23.0 Å². The fraction of sp³-hybridized carbons (Fsp3) is 0.488. The number of nitrogens with one attached hydrogen (secondary N) is 4. The summed E-state index contributed by atoms with van der Waals surface area (Å²) >= 11 is 0.396. The number of carbonyl (C=O) groups excluding carboxylic acids is 6. The Labute approximate surface area is 700 Å². The van der Waals surface area contributed by atoms with E-state index >= 15 is 8.78 Å². The lowest BCUT2D eigenvalue weighted by Crippen LogP contribution is -3.00. The van der Waals surface area contributed by atoms with E-state index in [1.54, 1.807) is 59.3 Å². The molecule has 2 amide bonds. The highest BCUT2D eigenvalue weighted by Crippen LogP contribution is 2.72. The number of halogens is 4. The number of phenolic OH excluding ortho intramolecular Hbond substituents is 2. The number of hydrogen-bond donors (Lipinski definition) is 12. The van der Waals surface area contributed by atoms with E-state index in [4.69, 9.17) is 29.2 Å². The summed E-state index contributed by atoms with van der Waals surface area (Å²) in [5.41, 5.74) is -3.53. The molecule has 0 bridgehead atoms. The molecule has 4 saturated carbocycles. The number of aliphatic hydroxyl groups excluding tert-OH is 3. The van der Waals surface area contributed by atoms with E-state index in [0.717, 1.165) is 80.1 Å². The molecule has 1 aliphatic heterocycles. The summed E-state index contributed by atoms with van der Waals surface area (Å²) in [5.74, 6) is -4.73. The zero-order valence-electron chi connectivity index (χ0n) is 68.0. The first kappa shape index (κ1) is 101. The molecular weight excluding hydrogens is 1620 g/mol. The van der Waals surface area contributed by atoms with Crippen LogP contribution in [0.25, 0.3) is 0 Å². The number of nitrogens with zero attached hydrogens (tertiary/aromatic N) is 1. The molecule has 5 aromatic carbocycles. The van der Waals surface area contributed by atoms with Crippen LogP contribution in [0.2, 0.25) is 0 Å². The number of likely N-dealkylation sites (tertiary alicyclic amines) is 1. The lowest BCUT2D eigenvalue weighted by Gasteiger charge is -2.63. The van der Waals surface area contributed by atoms with Crippen molar-refractivity contribution in [1.82, 2.24) is 10.6 Å². The molecule has 11 rings (SSSR count). The van der Waals surface area contributed by atoms with E-state index in [2.05, 4.69) is 35.4 Å². The van der Waals surface area contributed by atoms with Gasteiger partial charge < -0.3 is 113 Å². The Morgan fingerprint density at radius 2 is 1.23 bits per heavy atom. The van der Waals surface area contributed by atoms with Crippen molar-refractivity contribution in [1.29, 1.82) is 0 Å². The van der Waals surface area contributed by atoms with Crippen molar-refractivity contribution in [3.63, 3.8) is 0 Å². The summed E-state index contributed by atoms with van der Waals surface area (Å²) in [4.78, 5) is 90.9. The zero-order chi connectivity index (χ0) is 84.8. The Balaban J connectivity index is 0.000000321. The van der Waals surface area contributed by atoms with Crippen LogP contribution in [-0.4, -0.2) is 206 Å². The number of aliphatic hydroxyl groups is 4. The Morgan fingerprint density at radius 1 is 0.737 bits per heavy atom. The van der Waals surface area contributed by atoms with Crippen LogP contribution in [0.5, 0.6) is 23.0 Å². The number of amides is 2. The maximum absolute atomic E-state index is 17.2. The molecule has 5 fully saturated rings. The molecule has 0 radical (unpaired) electrons. The van der Waals surface area contributed by atoms with Gasteiger partial charge in [0.05, 0.1) is 64.5 Å². The second-order valence-corrected chi connectivity index (χ2v) is 32.1. The number of aliphatic carboxylic acids is 2. The highest BCUT2D eigenvalue weighted by Gasteiger charge is 2.78. The number of carboxylic acids is 2. The summed E-state index contributed by atoms with van der Waals surface area (Å²) in [5, 5.41) is 89.0. The van der Waals surface area contributed by atoms with Gasteiger partial charge in [0.1, 0.15) is 41.7 Å². The topological polar surface area (TPSA) is 446 Å². The molecule has 118 heavy (non-hydrogen) atoms. The van der Waals surface area contributed by atoms with Gasteiger partial charge in [-0.1, -0.05) is 106 Å². The lowest BCUT2D eigenvalue weighted by atomic mass is 9.44. The second-order valence-electron chi connectivity index (χ2n) is 31.2. The van der Waals surface area contributed by atoms with E-state index in [1.165, 1.54) is 42.3 Å². The number of esters is 2. The van der Waals surface area contributed by atoms with Crippen molar-refractivity contribution in [3.05, 3.63) is 179 Å². The Hall–Kier alpha value is -9.06. The summed E-state index contributed by atoms with van der Waals surface area (Å²) in [6, 6.07) is 33.7. The molecule has 16 N–H and O–H groups in total. The highest BCUT2D eigenvalue weighted by atomic mass is 79.9. The number of anilines is 2. The first-order valence-corrected chi connectivity index (χ1v) is 39.4. The number of thioether (sulfide) groups is 1. The van der Waals surface area contributed by atoms with Gasteiger partial charge in [0, 0.05) is 78.8 Å². The minimum Gasteiger partial charge on any atom is -1.00 e. The quantitative estimate of drug-likeness (QED) is 0.00847. The van der Waals surface area contributed by atoms with E-state index in [-0.39, 0.29) is 106 Å². The van der Waals surface area contributed by atoms with E-state index in [0.29, 0.717) is 66.5 Å². The van der Waals surface area contributed by atoms with Crippen LogP contribution in [-0.2, 0) is 66.3 Å². The van der Waals surface area contributed by atoms with Gasteiger partial charge in [-0.2, -0.15) is 0 Å². The first-order chi connectivity index (χ1) is 54.4. The van der Waals surface area contributed by atoms with Gasteiger partial charge in [-0.05, 0) is 177 Å². The number of hydrogen-bond acceptors (Lipinski definition) is 21. The number of allylic oxidation sites excluding steroid dienone is 4. The summed E-state index contributed by atoms with van der Waals surface area (Å²) in [7, 11) is 7.57. The summed E-state index contributed by atoms with van der Waals surface area (Å²) in [6.45, 7) is 13.1. The van der Waals surface area contributed by atoms with Crippen molar-refractivity contribution in [2.75, 3.05) is 71.1 Å². The predicted octanol–water partition coefficient (Wildman–Crippen LogP) is 6.40. The average Bonchev–Trinajstić information content (AvgIpc) is 1.43. The maximum Gasteiger partial charge on any atom is 0.343 e. The number of fused-ring (bicyclic) bond motifs is 5. The zero-order valence-corrected chi connectivity index (χ0v) is 70.4. The van der Waals surface area contributed by atoms with Gasteiger partial charge in [-0.3, -0.25) is 24.0 Å². The van der Waals surface area contributed by atoms with Crippen molar-refractivity contribution in [2.24, 2.45) is 34.5 Å². The number of likely N-dealkylation sites (N-methyl/N-ethyl adjacent to an activating group) is 1. The molecule has 650 valence electrons. The smallest absolute Gasteiger partial charge is 0.343 e. The largest absolute Gasteiger partial charge is 1.00 e. The lowest BCUT2D eigenvalue weighted by molar-refractivity contribution is -0.879. The van der Waals surface area contributed by atoms with E-state index in [9.17, 15) is 73.4 Å². The van der Waals surface area contributed by atoms with Crippen LogP contribution < -0.4 is 47.7 Å². The maximum atomic E-state index is 17.2. The number of quaternary nitrogens is 1. The number of phenols is 2. The summed E-state index contributed by atoms with van der Waals surface area (Å²) in [6.07, 6.45) is 7.09. The third-order valence-electron chi connectivity index (χ3n) is 23.0. The third-order valence-corrected chi connectivity index (χ3v) is 23.7. The SMILES string of the molecule is CCC(=O)O[C@]1(C(=O)SCF)[C@H](C)C[C@H]2[C@@H]3C[C@H](F)C4=CC(=O)C=C[C@]4(C)[C@@]3(F)[C@@H](O)C[C@@]21C.COc1ccc(C[C@@H](C)NC[C@H](O)c2ccc(O)c(NC=O)c2)cc1.COc1ccc(C[C@@H](C)NC[C@H](O)c2ccc(O)c(NC=O)c2)cc1.C[N+]1(C)CCC(OC(=O)C(O)(c2ccccc2)C2CCCC2)C1.O.O.O=C(O)/C=C/C(=O)O.[Br-]. The minimum atomic E-state index is -2.30. The van der Waals surface area contributed by atoms with Crippen LogP contribution in [0.4, 0.5) is 24.5 Å². The molecule has 27 nitrogen and oxygen atoms in total. The van der Waals surface area contributed by atoms with E-state index < -0.39 is 111 Å². The van der Waals surface area contributed by atoms with Crippen LogP contribution >= 0.6 is 11.8 Å². The number of aromatic hydroxyl groups is 2. The molecule has 15 atom stereocenters. The molecule has 6 aliphatic rings. The average molecular weight is 1740 g/mol. The van der Waals surface area contributed by atoms with Gasteiger partial charge in [0.2, 0.25) is 17.9 Å². The van der Waals surface area contributed by atoms with Gasteiger partial charge in [0.25, 0.3) is 0 Å². The number of ether oxygens (including phenoxy) is 4. The summed E-state index contributed by atoms with van der Waals surface area (Å²) < 4.78 is 68.8. The molecule has 0 aromatic heterocycles. The second kappa shape index (κ2) is 45.4. The molecule has 1 saturated heterocycles. The van der Waals surface area contributed by atoms with Gasteiger partial charge in [0.15, 0.2) is 28.8 Å². The Morgan fingerprint density at radius 3 is 1.66 bits per heavy atom. The van der Waals surface area contributed by atoms with Crippen molar-refractivity contribution >= 4 is 70.7 Å². The number of benzene rings is 5. The first-order valence-electron chi connectivity index (χ1n) is 38.4. The van der Waals surface area contributed by atoms with Crippen LogP contribution in [0, 0.1) is 34.5 Å².